The average molecular weight is 692 g/mol. The maximum absolute atomic E-state index is 14.1. The van der Waals surface area contributed by atoms with Crippen LogP contribution in [0.1, 0.15) is 67.8 Å². The Morgan fingerprint density at radius 2 is 1.84 bits per heavy atom. The van der Waals surface area contributed by atoms with Crippen molar-refractivity contribution in [2.45, 2.75) is 69.5 Å². The zero-order valence-electron chi connectivity index (χ0n) is 27.9. The van der Waals surface area contributed by atoms with E-state index in [1.54, 1.807) is 29.5 Å². The summed E-state index contributed by atoms with van der Waals surface area (Å²) in [5, 5.41) is 21.2. The minimum atomic E-state index is -0.910. The third-order valence-electron chi connectivity index (χ3n) is 9.45. The molecule has 2 aliphatic heterocycles. The van der Waals surface area contributed by atoms with Gasteiger partial charge in [-0.15, -0.1) is 11.3 Å². The Balaban J connectivity index is 1.12. The molecule has 3 aromatic carbocycles. The van der Waals surface area contributed by atoms with E-state index >= 15 is 0 Å². The number of nitrogens with zero attached hydrogens (tertiary/aromatic N) is 3. The highest BCUT2D eigenvalue weighted by molar-refractivity contribution is 7.09. The van der Waals surface area contributed by atoms with Crippen LogP contribution in [0, 0.1) is 6.92 Å². The molecule has 0 radical (unpaired) electrons. The number of thiazole rings is 1. The van der Waals surface area contributed by atoms with Crippen molar-refractivity contribution in [1.82, 2.24) is 25.5 Å². The van der Waals surface area contributed by atoms with Gasteiger partial charge in [0.25, 0.3) is 11.8 Å². The fourth-order valence-corrected chi connectivity index (χ4v) is 7.84. The highest BCUT2D eigenvalue weighted by atomic mass is 32.1. The highest BCUT2D eigenvalue weighted by Gasteiger charge is 2.36. The lowest BCUT2D eigenvalue weighted by molar-refractivity contribution is 0.0419. The molecule has 2 aliphatic rings. The number of aromatic nitrogens is 2. The van der Waals surface area contributed by atoms with E-state index in [0.717, 1.165) is 34.7 Å². The van der Waals surface area contributed by atoms with Gasteiger partial charge in [-0.05, 0) is 61.9 Å². The molecule has 10 nitrogen and oxygen atoms in total. The van der Waals surface area contributed by atoms with E-state index < -0.39 is 18.1 Å². The number of hydrogen-bond acceptors (Lipinski definition) is 9. The molecule has 3 N–H and O–H groups in total. The van der Waals surface area contributed by atoms with Gasteiger partial charge in [0.15, 0.2) is 0 Å². The molecule has 7 rings (SSSR count). The van der Waals surface area contributed by atoms with Gasteiger partial charge in [0.05, 0.1) is 37.1 Å². The molecule has 5 aromatic rings. The molecule has 0 aliphatic carbocycles. The molecule has 0 bridgehead atoms. The van der Waals surface area contributed by atoms with E-state index in [0.29, 0.717) is 49.6 Å². The molecule has 258 valence electrons. The average Bonchev–Trinajstić information content (AvgIpc) is 3.99. The highest BCUT2D eigenvalue weighted by Crippen LogP contribution is 2.35. The molecule has 5 atom stereocenters. The molecule has 0 spiro atoms. The van der Waals surface area contributed by atoms with Crippen molar-refractivity contribution in [3.05, 3.63) is 130 Å². The van der Waals surface area contributed by atoms with Crippen LogP contribution in [0.15, 0.2) is 101 Å². The van der Waals surface area contributed by atoms with Crippen molar-refractivity contribution in [2.75, 3.05) is 13.1 Å². The van der Waals surface area contributed by atoms with Crippen LogP contribution in [-0.4, -0.2) is 69.2 Å². The minimum absolute atomic E-state index is 0.0725. The summed E-state index contributed by atoms with van der Waals surface area (Å²) in [5.74, 6) is -0.281. The number of carbonyl (C=O) groups excluding carboxylic acids is 2. The molecule has 2 amide bonds. The van der Waals surface area contributed by atoms with Gasteiger partial charge in [-0.2, -0.15) is 0 Å². The Labute approximate surface area is 295 Å². The monoisotopic (exact) mass is 691 g/mol. The number of ether oxygens (including phenoxy) is 1. The van der Waals surface area contributed by atoms with E-state index in [4.69, 9.17) is 9.15 Å². The van der Waals surface area contributed by atoms with E-state index in [2.05, 4.69) is 20.6 Å². The predicted molar refractivity (Wildman–Crippen MR) is 191 cm³/mol. The normalized spacial score (nSPS) is 20.1. The van der Waals surface area contributed by atoms with E-state index in [1.807, 2.05) is 77.9 Å². The zero-order valence-corrected chi connectivity index (χ0v) is 28.7. The molecule has 50 heavy (non-hydrogen) atoms. The SMILES string of the molecule is Cc1csc([C@H]2CCCN2C(=O)c2cc(C(=O)NC(Cc3ccccc3)[C@H](O)[C@H]3C[C@@H](OCc4ccccc4)CN3)cc(-c3ncco3)c2)n1. The quantitative estimate of drug-likeness (QED) is 0.151. The number of aryl methyl sites for hydroxylation is 1. The summed E-state index contributed by atoms with van der Waals surface area (Å²) in [5.41, 5.74) is 4.16. The summed E-state index contributed by atoms with van der Waals surface area (Å²) in [6.45, 7) is 3.64. The van der Waals surface area contributed by atoms with Gasteiger partial charge < -0.3 is 29.8 Å². The second-order valence-corrected chi connectivity index (χ2v) is 13.9. The number of oxazole rings is 1. The fraction of sp³-hybridized carbons (Fsp3) is 0.333. The summed E-state index contributed by atoms with van der Waals surface area (Å²) in [6.07, 6.45) is 4.72. The molecule has 11 heteroatoms. The zero-order chi connectivity index (χ0) is 34.5. The van der Waals surface area contributed by atoms with E-state index in [1.165, 1.54) is 12.5 Å². The number of benzene rings is 3. The van der Waals surface area contributed by atoms with Gasteiger partial charge in [-0.3, -0.25) is 9.59 Å². The smallest absolute Gasteiger partial charge is 0.254 e. The van der Waals surface area contributed by atoms with Crippen LogP contribution in [-0.2, 0) is 17.8 Å². The largest absolute Gasteiger partial charge is 0.445 e. The van der Waals surface area contributed by atoms with Crippen LogP contribution in [0.25, 0.3) is 11.5 Å². The maximum atomic E-state index is 14.1. The number of hydrogen-bond donors (Lipinski definition) is 3. The first kappa shape index (κ1) is 33.8. The van der Waals surface area contributed by atoms with Crippen molar-refractivity contribution < 1.29 is 23.8 Å². The standard InChI is InChI=1S/C39H41N5O5S/c1-25-24-50-38(42-25)34-13-8-15-44(34)39(47)30-19-28(18-29(20-30)37-40-14-16-48-37)36(46)43-33(17-26-9-4-2-5-10-26)35(45)32-21-31(22-41-32)49-23-27-11-6-3-7-12-27/h2-7,9-12,14,16,18-20,24,31-35,41,45H,8,13,15,17,21-23H2,1H3,(H,43,46)/t31-,32-,33?,34-,35-/m1/s1. The molecular weight excluding hydrogens is 651 g/mol. The van der Waals surface area contributed by atoms with Gasteiger partial charge in [-0.1, -0.05) is 60.7 Å². The van der Waals surface area contributed by atoms with E-state index in [-0.39, 0.29) is 29.7 Å². The molecule has 2 saturated heterocycles. The second-order valence-electron chi connectivity index (χ2n) is 13.0. The summed E-state index contributed by atoms with van der Waals surface area (Å²) >= 11 is 1.56. The first-order valence-electron chi connectivity index (χ1n) is 17.1. The number of rotatable bonds is 12. The summed E-state index contributed by atoms with van der Waals surface area (Å²) in [6, 6.07) is 23.8. The van der Waals surface area contributed by atoms with Crippen LogP contribution >= 0.6 is 11.3 Å². The summed E-state index contributed by atoms with van der Waals surface area (Å²) < 4.78 is 11.8. The van der Waals surface area contributed by atoms with Gasteiger partial charge >= 0.3 is 0 Å². The van der Waals surface area contributed by atoms with Gasteiger partial charge in [0, 0.05) is 46.9 Å². The fourth-order valence-electron chi connectivity index (χ4n) is 6.89. The number of nitrogens with one attached hydrogen (secondary N) is 2. The van der Waals surface area contributed by atoms with Gasteiger partial charge in [0.2, 0.25) is 5.89 Å². The van der Waals surface area contributed by atoms with Crippen molar-refractivity contribution in [3.8, 4) is 11.5 Å². The van der Waals surface area contributed by atoms with Crippen LogP contribution in [0.4, 0.5) is 0 Å². The van der Waals surface area contributed by atoms with Crippen molar-refractivity contribution in [3.63, 3.8) is 0 Å². The molecule has 0 saturated carbocycles. The van der Waals surface area contributed by atoms with Crippen LogP contribution in [0.2, 0.25) is 0 Å². The maximum Gasteiger partial charge on any atom is 0.254 e. The third kappa shape index (κ3) is 7.87. The minimum Gasteiger partial charge on any atom is -0.445 e. The Kier molecular flexibility index (Phi) is 10.5. The van der Waals surface area contributed by atoms with Crippen molar-refractivity contribution in [2.24, 2.45) is 0 Å². The number of likely N-dealkylation sites (tertiary alicyclic amines) is 1. The first-order valence-corrected chi connectivity index (χ1v) is 18.0. The van der Waals surface area contributed by atoms with Crippen LogP contribution < -0.4 is 10.6 Å². The molecule has 1 unspecified atom stereocenters. The summed E-state index contributed by atoms with van der Waals surface area (Å²) in [4.78, 5) is 39.1. The van der Waals surface area contributed by atoms with Gasteiger partial charge in [-0.25, -0.2) is 9.97 Å². The lowest BCUT2D eigenvalue weighted by Crippen LogP contribution is -2.52. The molecule has 2 aromatic heterocycles. The molecule has 2 fully saturated rings. The molecule has 4 heterocycles. The Bertz CT molecular complexity index is 1880. The predicted octanol–water partition coefficient (Wildman–Crippen LogP) is 5.73. The Morgan fingerprint density at radius 3 is 2.56 bits per heavy atom. The van der Waals surface area contributed by atoms with Crippen LogP contribution in [0.5, 0.6) is 0 Å². The molecular formula is C39H41N5O5S. The van der Waals surface area contributed by atoms with Crippen molar-refractivity contribution in [1.29, 1.82) is 0 Å². The Hall–Kier alpha value is -4.68. The number of amides is 2. The Morgan fingerprint density at radius 1 is 1.08 bits per heavy atom. The van der Waals surface area contributed by atoms with E-state index in [9.17, 15) is 14.7 Å². The van der Waals surface area contributed by atoms with Crippen molar-refractivity contribution >= 4 is 23.2 Å². The lowest BCUT2D eigenvalue weighted by Gasteiger charge is -2.29. The second kappa shape index (κ2) is 15.5. The van der Waals surface area contributed by atoms with Gasteiger partial charge in [0.1, 0.15) is 11.3 Å². The third-order valence-corrected chi connectivity index (χ3v) is 10.5. The number of aliphatic hydroxyl groups is 1. The number of aliphatic hydroxyl groups excluding tert-OH is 1. The first-order chi connectivity index (χ1) is 24.4. The van der Waals surface area contributed by atoms with Crippen LogP contribution in [0.3, 0.4) is 0 Å². The topological polar surface area (TPSA) is 130 Å². The summed E-state index contributed by atoms with van der Waals surface area (Å²) in [7, 11) is 0. The lowest BCUT2D eigenvalue weighted by atomic mass is 9.94. The number of carbonyl (C=O) groups is 2.